The van der Waals surface area contributed by atoms with Gasteiger partial charge in [-0.3, -0.25) is 4.79 Å². The second-order valence-electron chi connectivity index (χ2n) is 16.7. The second-order valence-corrected chi connectivity index (χ2v) is 16.7. The first kappa shape index (κ1) is 52.1. The number of hydrogen-bond acceptors (Lipinski definition) is 4. The molecule has 0 saturated heterocycles. The predicted molar refractivity (Wildman–Crippen MR) is 232 cm³/mol. The van der Waals surface area contributed by atoms with E-state index in [4.69, 9.17) is 0 Å². The summed E-state index contributed by atoms with van der Waals surface area (Å²) in [5, 5.41) is 33.3. The van der Waals surface area contributed by atoms with Gasteiger partial charge in [0.2, 0.25) is 5.91 Å². The lowest BCUT2D eigenvalue weighted by molar-refractivity contribution is -0.124. The van der Waals surface area contributed by atoms with E-state index < -0.39 is 18.2 Å². The lowest BCUT2D eigenvalue weighted by Gasteiger charge is -2.21. The maximum absolute atomic E-state index is 12.4. The summed E-state index contributed by atoms with van der Waals surface area (Å²) in [6.45, 7) is 4.23. The van der Waals surface area contributed by atoms with Gasteiger partial charge in [0.25, 0.3) is 0 Å². The summed E-state index contributed by atoms with van der Waals surface area (Å²) in [6.07, 6.45) is 52.3. The Labute approximate surface area is 331 Å². The zero-order valence-corrected chi connectivity index (χ0v) is 35.9. The number of nitrogens with one attached hydrogen (secondary N) is 1. The normalized spacial score (nSPS) is 13.5. The maximum Gasteiger partial charge on any atom is 0.222 e. The monoisotopic (exact) mass is 750 g/mol. The van der Waals surface area contributed by atoms with Gasteiger partial charge in [-0.1, -0.05) is 251 Å². The van der Waals surface area contributed by atoms with Crippen LogP contribution >= 0.6 is 0 Å². The molecule has 5 nitrogen and oxygen atoms in total. The van der Waals surface area contributed by atoms with Gasteiger partial charge in [0, 0.05) is 0 Å². The van der Waals surface area contributed by atoms with Gasteiger partial charge in [0.15, 0.2) is 0 Å². The van der Waals surface area contributed by atoms with Crippen LogP contribution in [-0.4, -0.2) is 46.1 Å². The Balaban J connectivity index is 3.58. The van der Waals surface area contributed by atoms with Crippen LogP contribution in [-0.2, 0) is 4.79 Å². The third-order valence-electron chi connectivity index (χ3n) is 11.3. The van der Waals surface area contributed by atoms with E-state index in [0.29, 0.717) is 6.42 Å². The van der Waals surface area contributed by atoms with E-state index in [1.54, 1.807) is 6.08 Å². The molecule has 0 rings (SSSR count). The Kier molecular flexibility index (Phi) is 43.1. The third kappa shape index (κ3) is 40.6. The molecule has 5 heteroatoms. The molecule has 3 atom stereocenters. The molecule has 0 aromatic rings. The van der Waals surface area contributed by atoms with Crippen molar-refractivity contribution in [1.82, 2.24) is 5.32 Å². The molecule has 4 N–H and O–H groups in total. The van der Waals surface area contributed by atoms with Crippen LogP contribution in [0.15, 0.2) is 12.2 Å². The largest absolute Gasteiger partial charge is 0.394 e. The molecular weight excluding hydrogens is 655 g/mol. The van der Waals surface area contributed by atoms with Crippen LogP contribution in [0.3, 0.4) is 0 Å². The molecule has 0 fully saturated rings. The molecule has 0 aliphatic heterocycles. The van der Waals surface area contributed by atoms with Crippen LogP contribution in [0.4, 0.5) is 0 Å². The highest BCUT2D eigenvalue weighted by Crippen LogP contribution is 2.17. The van der Waals surface area contributed by atoms with Gasteiger partial charge < -0.3 is 20.6 Å². The third-order valence-corrected chi connectivity index (χ3v) is 11.3. The molecule has 0 heterocycles. The molecule has 0 aliphatic rings. The number of hydrogen-bond donors (Lipinski definition) is 4. The zero-order valence-electron chi connectivity index (χ0n) is 35.9. The van der Waals surface area contributed by atoms with Crippen molar-refractivity contribution in [2.45, 2.75) is 283 Å². The van der Waals surface area contributed by atoms with E-state index >= 15 is 0 Å². The minimum atomic E-state index is -0.924. The summed E-state index contributed by atoms with van der Waals surface area (Å²) in [6, 6.07) is -0.739. The van der Waals surface area contributed by atoms with Crippen LogP contribution in [0.5, 0.6) is 0 Å². The molecule has 0 spiro atoms. The highest BCUT2D eigenvalue weighted by Gasteiger charge is 2.20. The van der Waals surface area contributed by atoms with Crippen molar-refractivity contribution in [2.24, 2.45) is 0 Å². The fraction of sp³-hybridized carbons (Fsp3) is 0.938. The number of allylic oxidation sites excluding steroid dienone is 1. The van der Waals surface area contributed by atoms with Crippen molar-refractivity contribution in [2.75, 3.05) is 6.61 Å². The van der Waals surface area contributed by atoms with E-state index in [0.717, 1.165) is 25.7 Å². The lowest BCUT2D eigenvalue weighted by Crippen LogP contribution is -2.45. The molecule has 1 amide bonds. The average Bonchev–Trinajstić information content (AvgIpc) is 3.15. The van der Waals surface area contributed by atoms with Gasteiger partial charge in [-0.05, 0) is 19.3 Å². The Morgan fingerprint density at radius 2 is 0.774 bits per heavy atom. The van der Waals surface area contributed by atoms with Gasteiger partial charge in [0.1, 0.15) is 0 Å². The Morgan fingerprint density at radius 3 is 1.09 bits per heavy atom. The molecule has 53 heavy (non-hydrogen) atoms. The zero-order chi connectivity index (χ0) is 38.7. The second kappa shape index (κ2) is 43.8. The van der Waals surface area contributed by atoms with Crippen molar-refractivity contribution in [1.29, 1.82) is 0 Å². The summed E-state index contributed by atoms with van der Waals surface area (Å²) in [4.78, 5) is 12.4. The van der Waals surface area contributed by atoms with Gasteiger partial charge in [-0.25, -0.2) is 0 Å². The first-order chi connectivity index (χ1) is 26.0. The molecule has 0 radical (unpaired) electrons. The van der Waals surface area contributed by atoms with E-state index in [1.165, 1.54) is 212 Å². The van der Waals surface area contributed by atoms with Crippen LogP contribution in [0.2, 0.25) is 0 Å². The standard InChI is InChI=1S/C48H95NO4/c1-3-5-7-9-11-13-15-17-19-20-21-22-23-24-25-26-27-28-30-32-34-36-38-40-42-47(52)46(44-50)49-48(53)43-45(51)41-39-37-35-33-31-29-18-16-14-12-10-8-6-4-2/h40,42,45-47,50-52H,3-39,41,43-44H2,1-2H3,(H,49,53)/b42-40+. The lowest BCUT2D eigenvalue weighted by atomic mass is 10.0. The number of carbonyl (C=O) groups is 1. The van der Waals surface area contributed by atoms with Crippen LogP contribution in [0.1, 0.15) is 264 Å². The van der Waals surface area contributed by atoms with E-state index in [2.05, 4.69) is 19.2 Å². The summed E-state index contributed by atoms with van der Waals surface area (Å²) >= 11 is 0. The van der Waals surface area contributed by atoms with Crippen molar-refractivity contribution >= 4 is 5.91 Å². The Hall–Kier alpha value is -0.910. The minimum absolute atomic E-state index is 0.0187. The molecule has 0 aromatic carbocycles. The first-order valence-corrected chi connectivity index (χ1v) is 24.0. The van der Waals surface area contributed by atoms with E-state index in [9.17, 15) is 20.1 Å². The van der Waals surface area contributed by atoms with E-state index in [-0.39, 0.29) is 18.9 Å². The Bertz CT molecular complexity index is 743. The number of rotatable bonds is 44. The van der Waals surface area contributed by atoms with Crippen molar-refractivity contribution < 1.29 is 20.1 Å². The molecular formula is C48H95NO4. The maximum atomic E-state index is 12.4. The summed E-state index contributed by atoms with van der Waals surface area (Å²) in [5.74, 6) is -0.311. The molecule has 3 unspecified atom stereocenters. The van der Waals surface area contributed by atoms with E-state index in [1.807, 2.05) is 6.08 Å². The number of unbranched alkanes of at least 4 members (excludes halogenated alkanes) is 35. The summed E-state index contributed by atoms with van der Waals surface area (Å²) in [7, 11) is 0. The highest BCUT2D eigenvalue weighted by atomic mass is 16.3. The summed E-state index contributed by atoms with van der Waals surface area (Å²) in [5.41, 5.74) is 0. The number of amides is 1. The summed E-state index contributed by atoms with van der Waals surface area (Å²) < 4.78 is 0. The van der Waals surface area contributed by atoms with Crippen molar-refractivity contribution in [3.8, 4) is 0 Å². The van der Waals surface area contributed by atoms with Gasteiger partial charge >= 0.3 is 0 Å². The molecule has 0 aromatic heterocycles. The average molecular weight is 750 g/mol. The van der Waals surface area contributed by atoms with Gasteiger partial charge in [-0.2, -0.15) is 0 Å². The van der Waals surface area contributed by atoms with Crippen molar-refractivity contribution in [3.05, 3.63) is 12.2 Å². The number of carbonyl (C=O) groups excluding carboxylic acids is 1. The fourth-order valence-electron chi connectivity index (χ4n) is 7.64. The number of aliphatic hydroxyl groups is 3. The van der Waals surface area contributed by atoms with Gasteiger partial charge in [0.05, 0.1) is 31.3 Å². The fourth-order valence-corrected chi connectivity index (χ4v) is 7.64. The molecule has 0 aliphatic carbocycles. The Morgan fingerprint density at radius 1 is 0.472 bits per heavy atom. The predicted octanol–water partition coefficient (Wildman–Crippen LogP) is 14.0. The van der Waals surface area contributed by atoms with Crippen molar-refractivity contribution in [3.63, 3.8) is 0 Å². The topological polar surface area (TPSA) is 89.8 Å². The SMILES string of the molecule is CCCCCCCCCCCCCCCCCCCCCCCC/C=C/C(O)C(CO)NC(=O)CC(O)CCCCCCCCCCCCCCCC. The smallest absolute Gasteiger partial charge is 0.222 e. The number of aliphatic hydroxyl groups excluding tert-OH is 3. The highest BCUT2D eigenvalue weighted by molar-refractivity contribution is 5.76. The minimum Gasteiger partial charge on any atom is -0.394 e. The van der Waals surface area contributed by atoms with Gasteiger partial charge in [-0.15, -0.1) is 0 Å². The van der Waals surface area contributed by atoms with Crippen LogP contribution < -0.4 is 5.32 Å². The molecule has 316 valence electrons. The quantitative estimate of drug-likeness (QED) is 0.0369. The first-order valence-electron chi connectivity index (χ1n) is 24.0. The van der Waals surface area contributed by atoms with Crippen LogP contribution in [0, 0.1) is 0 Å². The molecule has 0 bridgehead atoms. The molecule has 0 saturated carbocycles. The van der Waals surface area contributed by atoms with Crippen LogP contribution in [0.25, 0.3) is 0 Å².